The number of hydrogen-bond donors (Lipinski definition) is 0. The van der Waals surface area contributed by atoms with Crippen molar-refractivity contribution in [3.8, 4) is 0 Å². The monoisotopic (exact) mass is 234 g/mol. The molecule has 1 fully saturated rings. The van der Waals surface area contributed by atoms with Gasteiger partial charge < -0.3 is 0 Å². The summed E-state index contributed by atoms with van der Waals surface area (Å²) in [5.74, 6) is 1.19. The normalized spacial score (nSPS) is 26.6. The third kappa shape index (κ3) is 1.80. The molecule has 0 spiro atoms. The van der Waals surface area contributed by atoms with Crippen molar-refractivity contribution in [2.75, 3.05) is 0 Å². The van der Waals surface area contributed by atoms with Gasteiger partial charge in [0.05, 0.1) is 0 Å². The predicted molar refractivity (Wildman–Crippen MR) is 71.0 cm³/mol. The van der Waals surface area contributed by atoms with Crippen LogP contribution in [0.5, 0.6) is 0 Å². The maximum absolute atomic E-state index is 6.12. The van der Waals surface area contributed by atoms with Gasteiger partial charge in [-0.2, -0.15) is 0 Å². The average Bonchev–Trinajstić information content (AvgIpc) is 2.67. The van der Waals surface area contributed by atoms with E-state index in [4.69, 9.17) is 11.6 Å². The van der Waals surface area contributed by atoms with Crippen LogP contribution in [0.2, 0.25) is 5.02 Å². The Bertz CT molecular complexity index is 422. The van der Waals surface area contributed by atoms with Crippen molar-refractivity contribution in [2.45, 2.75) is 33.6 Å². The summed E-state index contributed by atoms with van der Waals surface area (Å²) in [5.41, 5.74) is 4.23. The number of hydrogen-bond acceptors (Lipinski definition) is 0. The topological polar surface area (TPSA) is 0 Å². The lowest BCUT2D eigenvalue weighted by Crippen LogP contribution is -1.91. The fraction of sp³-hybridized carbons (Fsp3) is 0.467. The second-order valence-electron chi connectivity index (χ2n) is 5.68. The largest absolute Gasteiger partial charge is 0.0998 e. The molecule has 0 N–H and O–H groups in total. The lowest BCUT2D eigenvalue weighted by Gasteiger charge is -2.05. The summed E-state index contributed by atoms with van der Waals surface area (Å²) in [5, 5.41) is 0.846. The van der Waals surface area contributed by atoms with Crippen LogP contribution in [0.1, 0.15) is 37.8 Å². The molecular weight excluding hydrogens is 216 g/mol. The standard InChI is InChI=1S/C15H19Cl/c1-9(2)13-14(15(13,4)5)11-6-10(3)7-12(16)8-11/h6-8,13-14H,1H2,2-5H3. The molecule has 2 unspecified atom stereocenters. The van der Waals surface area contributed by atoms with Crippen LogP contribution in [-0.4, -0.2) is 0 Å². The quantitative estimate of drug-likeness (QED) is 0.635. The van der Waals surface area contributed by atoms with Gasteiger partial charge in [-0.05, 0) is 54.4 Å². The van der Waals surface area contributed by atoms with Crippen LogP contribution >= 0.6 is 11.6 Å². The molecule has 1 aliphatic carbocycles. The van der Waals surface area contributed by atoms with Crippen molar-refractivity contribution >= 4 is 11.6 Å². The molecule has 1 heteroatoms. The third-order valence-electron chi connectivity index (χ3n) is 3.78. The van der Waals surface area contributed by atoms with Gasteiger partial charge >= 0.3 is 0 Å². The first-order chi connectivity index (χ1) is 7.34. The fourth-order valence-electron chi connectivity index (χ4n) is 3.12. The third-order valence-corrected chi connectivity index (χ3v) is 4.00. The molecule has 0 radical (unpaired) electrons. The van der Waals surface area contributed by atoms with Crippen molar-refractivity contribution in [1.82, 2.24) is 0 Å². The molecule has 1 aliphatic rings. The van der Waals surface area contributed by atoms with Gasteiger partial charge in [-0.25, -0.2) is 0 Å². The smallest absolute Gasteiger partial charge is 0.0411 e. The summed E-state index contributed by atoms with van der Waals surface area (Å²) in [6.45, 7) is 13.0. The van der Waals surface area contributed by atoms with E-state index in [9.17, 15) is 0 Å². The Labute approximate surface area is 103 Å². The van der Waals surface area contributed by atoms with E-state index in [2.05, 4.69) is 46.4 Å². The van der Waals surface area contributed by atoms with E-state index in [-0.39, 0.29) is 0 Å². The molecule has 0 aliphatic heterocycles. The molecule has 0 aromatic heterocycles. The van der Waals surface area contributed by atoms with E-state index < -0.39 is 0 Å². The highest BCUT2D eigenvalue weighted by Crippen LogP contribution is 2.67. The van der Waals surface area contributed by atoms with Crippen molar-refractivity contribution in [1.29, 1.82) is 0 Å². The Morgan fingerprint density at radius 2 is 1.94 bits per heavy atom. The molecule has 0 bridgehead atoms. The second-order valence-corrected chi connectivity index (χ2v) is 6.12. The maximum atomic E-state index is 6.12. The first-order valence-corrected chi connectivity index (χ1v) is 6.14. The van der Waals surface area contributed by atoms with Gasteiger partial charge in [-0.15, -0.1) is 0 Å². The van der Waals surface area contributed by atoms with Crippen LogP contribution in [0.4, 0.5) is 0 Å². The zero-order valence-electron chi connectivity index (χ0n) is 10.5. The molecule has 0 nitrogen and oxygen atoms in total. The first-order valence-electron chi connectivity index (χ1n) is 5.76. The number of rotatable bonds is 2. The van der Waals surface area contributed by atoms with Gasteiger partial charge in [-0.3, -0.25) is 0 Å². The van der Waals surface area contributed by atoms with E-state index in [1.54, 1.807) is 0 Å². The summed E-state index contributed by atoms with van der Waals surface area (Å²) in [6.07, 6.45) is 0. The first kappa shape index (κ1) is 11.7. The highest BCUT2D eigenvalue weighted by molar-refractivity contribution is 6.30. The van der Waals surface area contributed by atoms with Crippen LogP contribution < -0.4 is 0 Å². The number of aryl methyl sites for hydroxylation is 1. The molecule has 1 aromatic rings. The SMILES string of the molecule is C=C(C)C1C(c2cc(C)cc(Cl)c2)C1(C)C. The van der Waals surface area contributed by atoms with Crippen molar-refractivity contribution in [2.24, 2.45) is 11.3 Å². The second kappa shape index (κ2) is 3.63. The predicted octanol–water partition coefficient (Wildman–Crippen LogP) is 4.96. The zero-order chi connectivity index (χ0) is 12.1. The molecule has 2 atom stereocenters. The summed E-state index contributed by atoms with van der Waals surface area (Å²) >= 11 is 6.12. The Morgan fingerprint density at radius 3 is 2.38 bits per heavy atom. The lowest BCUT2D eigenvalue weighted by molar-refractivity contribution is 0.584. The fourth-order valence-corrected chi connectivity index (χ4v) is 3.42. The van der Waals surface area contributed by atoms with Crippen LogP contribution in [-0.2, 0) is 0 Å². The summed E-state index contributed by atoms with van der Waals surface area (Å²) in [4.78, 5) is 0. The van der Waals surface area contributed by atoms with E-state index >= 15 is 0 Å². The Morgan fingerprint density at radius 1 is 1.31 bits per heavy atom. The van der Waals surface area contributed by atoms with Gasteiger partial charge in [0.2, 0.25) is 0 Å². The van der Waals surface area contributed by atoms with Crippen LogP contribution in [0, 0.1) is 18.3 Å². The van der Waals surface area contributed by atoms with Crippen LogP contribution in [0.15, 0.2) is 30.4 Å². The van der Waals surface area contributed by atoms with E-state index in [1.165, 1.54) is 16.7 Å². The van der Waals surface area contributed by atoms with Crippen LogP contribution in [0.3, 0.4) is 0 Å². The molecule has 0 amide bonds. The van der Waals surface area contributed by atoms with Gasteiger partial charge in [0.25, 0.3) is 0 Å². The molecular formula is C15H19Cl. The van der Waals surface area contributed by atoms with Gasteiger partial charge in [-0.1, -0.05) is 43.7 Å². The van der Waals surface area contributed by atoms with E-state index in [0.717, 1.165) is 5.02 Å². The molecule has 86 valence electrons. The van der Waals surface area contributed by atoms with E-state index in [0.29, 0.717) is 17.3 Å². The number of allylic oxidation sites excluding steroid dienone is 1. The van der Waals surface area contributed by atoms with Crippen molar-refractivity contribution < 1.29 is 0 Å². The Balaban J connectivity index is 2.37. The summed E-state index contributed by atoms with van der Waals surface area (Å²) in [6, 6.07) is 6.36. The molecule has 1 aromatic carbocycles. The molecule has 0 saturated heterocycles. The van der Waals surface area contributed by atoms with Crippen molar-refractivity contribution in [3.05, 3.63) is 46.5 Å². The van der Waals surface area contributed by atoms with E-state index in [1.807, 2.05) is 6.07 Å². The van der Waals surface area contributed by atoms with Crippen molar-refractivity contribution in [3.63, 3.8) is 0 Å². The van der Waals surface area contributed by atoms with Crippen LogP contribution in [0.25, 0.3) is 0 Å². The summed E-state index contributed by atoms with van der Waals surface area (Å²) in [7, 11) is 0. The Kier molecular flexibility index (Phi) is 2.66. The minimum atomic E-state index is 0.336. The van der Waals surface area contributed by atoms with Gasteiger partial charge in [0.1, 0.15) is 0 Å². The highest BCUT2D eigenvalue weighted by atomic mass is 35.5. The minimum absolute atomic E-state index is 0.336. The molecule has 16 heavy (non-hydrogen) atoms. The minimum Gasteiger partial charge on any atom is -0.0998 e. The Hall–Kier alpha value is -0.750. The highest BCUT2D eigenvalue weighted by Gasteiger charge is 2.58. The maximum Gasteiger partial charge on any atom is 0.0411 e. The lowest BCUT2D eigenvalue weighted by atomic mass is 10.0. The number of benzene rings is 1. The zero-order valence-corrected chi connectivity index (χ0v) is 11.2. The summed E-state index contributed by atoms with van der Waals surface area (Å²) < 4.78 is 0. The van der Waals surface area contributed by atoms with Gasteiger partial charge in [0, 0.05) is 5.02 Å². The average molecular weight is 235 g/mol. The molecule has 2 rings (SSSR count). The molecule has 1 saturated carbocycles. The number of halogens is 1. The molecule has 0 heterocycles. The van der Waals surface area contributed by atoms with Gasteiger partial charge in [0.15, 0.2) is 0 Å².